The second kappa shape index (κ2) is 11.5. The number of hydrogen-bond donors (Lipinski definition) is 1. The van der Waals surface area contributed by atoms with Crippen LogP contribution >= 0.6 is 0 Å². The van der Waals surface area contributed by atoms with Crippen molar-refractivity contribution >= 4 is 11.2 Å². The van der Waals surface area contributed by atoms with Crippen LogP contribution in [0.1, 0.15) is 28.6 Å². The van der Waals surface area contributed by atoms with E-state index < -0.39 is 36.8 Å². The van der Waals surface area contributed by atoms with Gasteiger partial charge in [-0.3, -0.25) is 4.57 Å². The van der Waals surface area contributed by atoms with Crippen LogP contribution in [-0.4, -0.2) is 63.8 Å². The third kappa shape index (κ3) is 4.67. The number of aromatic nitrogens is 4. The maximum absolute atomic E-state index is 16.4. The number of imidazole rings is 1. The fourth-order valence-electron chi connectivity index (χ4n) is 5.58. The van der Waals surface area contributed by atoms with Crippen molar-refractivity contribution in [2.24, 2.45) is 0 Å². The average molecular weight is 571 g/mol. The highest BCUT2D eigenvalue weighted by Crippen LogP contribution is 2.47. The number of aliphatic hydroxyl groups excluding tert-OH is 1. The maximum Gasteiger partial charge on any atom is 0.166 e. The zero-order chi connectivity index (χ0) is 29.3. The highest BCUT2D eigenvalue weighted by Gasteiger charge is 2.52. The lowest BCUT2D eigenvalue weighted by Crippen LogP contribution is -2.42. The number of aliphatic hydroxyl groups is 1. The molecule has 216 valence electrons. The summed E-state index contributed by atoms with van der Waals surface area (Å²) in [6.45, 7) is 1.30. The molecule has 1 N–H and O–H groups in total. The predicted molar refractivity (Wildman–Crippen MR) is 153 cm³/mol. The van der Waals surface area contributed by atoms with Crippen molar-refractivity contribution in [3.05, 3.63) is 114 Å². The number of alkyl halides is 1. The Hall–Kier alpha value is -4.38. The Morgan fingerprint density at radius 3 is 2.02 bits per heavy atom. The molecule has 1 aliphatic rings. The molecule has 3 unspecified atom stereocenters. The molecule has 0 bridgehead atoms. The number of rotatable bonds is 9. The summed E-state index contributed by atoms with van der Waals surface area (Å²) >= 11 is 0. The first-order valence-electron chi connectivity index (χ1n) is 13.6. The fraction of sp³-hybridized carbons (Fsp3) is 0.281. The van der Waals surface area contributed by atoms with Gasteiger partial charge in [-0.15, -0.1) is 0 Å². The molecule has 10 heteroatoms. The van der Waals surface area contributed by atoms with Crippen molar-refractivity contribution in [3.63, 3.8) is 0 Å². The van der Waals surface area contributed by atoms with Gasteiger partial charge in [0, 0.05) is 0 Å². The van der Waals surface area contributed by atoms with E-state index in [9.17, 15) is 5.11 Å². The van der Waals surface area contributed by atoms with Gasteiger partial charge in [0.05, 0.1) is 32.8 Å². The molecule has 1 fully saturated rings. The Bertz CT molecular complexity index is 1600. The summed E-state index contributed by atoms with van der Waals surface area (Å²) in [5, 5.41) is 10.1. The smallest absolute Gasteiger partial charge is 0.166 e. The van der Waals surface area contributed by atoms with Crippen LogP contribution in [0.15, 0.2) is 91.5 Å². The van der Waals surface area contributed by atoms with E-state index in [0.29, 0.717) is 28.4 Å². The lowest BCUT2D eigenvalue weighted by molar-refractivity contribution is -0.115. The van der Waals surface area contributed by atoms with Crippen LogP contribution in [0, 0.1) is 6.92 Å². The van der Waals surface area contributed by atoms with E-state index in [1.807, 2.05) is 85.8 Å². The van der Waals surface area contributed by atoms with Crippen molar-refractivity contribution in [2.45, 2.75) is 37.1 Å². The average Bonchev–Trinajstić information content (AvgIpc) is 3.61. The number of ether oxygens (including phenoxy) is 4. The van der Waals surface area contributed by atoms with Crippen molar-refractivity contribution in [1.82, 2.24) is 19.5 Å². The van der Waals surface area contributed by atoms with E-state index in [-0.39, 0.29) is 0 Å². The number of fused-ring (bicyclic) bond motifs is 1. The van der Waals surface area contributed by atoms with Gasteiger partial charge >= 0.3 is 0 Å². The number of aryl methyl sites for hydroxylation is 1. The quantitative estimate of drug-likeness (QED) is 0.253. The largest absolute Gasteiger partial charge is 0.497 e. The Morgan fingerprint density at radius 2 is 1.45 bits per heavy atom. The number of nitrogens with zero attached hydrogens (tertiary/aromatic N) is 4. The van der Waals surface area contributed by atoms with E-state index in [2.05, 4.69) is 15.0 Å². The monoisotopic (exact) mass is 570 g/mol. The van der Waals surface area contributed by atoms with Crippen LogP contribution in [0.3, 0.4) is 0 Å². The van der Waals surface area contributed by atoms with E-state index in [1.165, 1.54) is 6.33 Å². The molecule has 1 saturated heterocycles. The van der Waals surface area contributed by atoms with Gasteiger partial charge < -0.3 is 24.1 Å². The molecule has 0 saturated carbocycles. The summed E-state index contributed by atoms with van der Waals surface area (Å²) in [7, 11) is 3.20. The minimum atomic E-state index is -1.68. The molecule has 6 rings (SSSR count). The fourth-order valence-corrected chi connectivity index (χ4v) is 5.58. The molecule has 0 radical (unpaired) electrons. The summed E-state index contributed by atoms with van der Waals surface area (Å²) in [4.78, 5) is 13.1. The van der Waals surface area contributed by atoms with Crippen LogP contribution in [0.4, 0.5) is 4.39 Å². The minimum absolute atomic E-state index is 0.478. The van der Waals surface area contributed by atoms with Gasteiger partial charge in [-0.05, 0) is 47.9 Å². The van der Waals surface area contributed by atoms with E-state index in [0.717, 1.165) is 16.7 Å². The summed E-state index contributed by atoms with van der Waals surface area (Å²) in [6, 6.07) is 24.6. The van der Waals surface area contributed by atoms with E-state index >= 15 is 4.39 Å². The molecule has 0 aliphatic carbocycles. The predicted octanol–water partition coefficient (Wildman–Crippen LogP) is 4.76. The first-order valence-corrected chi connectivity index (χ1v) is 13.6. The summed E-state index contributed by atoms with van der Waals surface area (Å²) in [5.41, 5.74) is 2.68. The number of halogens is 1. The third-order valence-electron chi connectivity index (χ3n) is 7.75. The van der Waals surface area contributed by atoms with E-state index in [1.54, 1.807) is 25.1 Å². The molecule has 42 heavy (non-hydrogen) atoms. The highest BCUT2D eigenvalue weighted by atomic mass is 19.1. The van der Waals surface area contributed by atoms with Gasteiger partial charge in [0.25, 0.3) is 0 Å². The molecule has 0 spiro atoms. The van der Waals surface area contributed by atoms with Crippen molar-refractivity contribution in [2.75, 3.05) is 20.8 Å². The first-order chi connectivity index (χ1) is 20.5. The highest BCUT2D eigenvalue weighted by molar-refractivity contribution is 5.72. The Labute approximate surface area is 242 Å². The Morgan fingerprint density at radius 1 is 0.857 bits per heavy atom. The van der Waals surface area contributed by atoms with Gasteiger partial charge in [-0.1, -0.05) is 54.6 Å². The standard InChI is InChI=1S/C32H31FN4O5/c1-20-28-30(35-18-34-20)37(19-36-28)31-29(27(33)26(17-38)41-31)42-32(21-7-5-4-6-8-21,22-9-13-24(39-2)14-10-22)23-11-15-25(40-3)16-12-23/h4-16,18-19,26-27,29,31,38H,17H2,1-3H3/t26?,27-,29?,31?/m0/s1. The summed E-state index contributed by atoms with van der Waals surface area (Å²) in [6.07, 6.45) is -2.00. The topological polar surface area (TPSA) is 101 Å². The number of benzene rings is 3. The lowest BCUT2D eigenvalue weighted by Gasteiger charge is -2.39. The molecule has 4 atom stereocenters. The van der Waals surface area contributed by atoms with Crippen LogP contribution in [0.5, 0.6) is 11.5 Å². The lowest BCUT2D eigenvalue weighted by atomic mass is 9.79. The third-order valence-corrected chi connectivity index (χ3v) is 7.75. The summed E-state index contributed by atoms with van der Waals surface area (Å²) < 4.78 is 42.1. The molecular weight excluding hydrogens is 539 g/mol. The second-order valence-electron chi connectivity index (χ2n) is 10.1. The molecule has 3 heterocycles. The molecule has 3 aromatic carbocycles. The normalized spacial score (nSPS) is 20.6. The first kappa shape index (κ1) is 27.8. The number of hydrogen-bond acceptors (Lipinski definition) is 8. The van der Waals surface area contributed by atoms with Gasteiger partial charge in [0.1, 0.15) is 41.2 Å². The van der Waals surface area contributed by atoms with Crippen LogP contribution in [0.2, 0.25) is 0 Å². The summed E-state index contributed by atoms with van der Waals surface area (Å²) in [5.74, 6) is 1.34. The van der Waals surface area contributed by atoms with Crippen molar-refractivity contribution in [3.8, 4) is 11.5 Å². The Kier molecular flexibility index (Phi) is 7.59. The zero-order valence-electron chi connectivity index (χ0n) is 23.4. The number of methoxy groups -OCH3 is 2. The SMILES string of the molecule is COc1ccc(C(OC2C(n3cnc4c(C)ncnc43)OC(CO)[C@@H]2F)(c2ccccc2)c2ccc(OC)cc2)cc1. The van der Waals surface area contributed by atoms with Crippen LogP contribution in [-0.2, 0) is 15.1 Å². The van der Waals surface area contributed by atoms with E-state index in [4.69, 9.17) is 18.9 Å². The molecule has 9 nitrogen and oxygen atoms in total. The van der Waals surface area contributed by atoms with Crippen molar-refractivity contribution in [1.29, 1.82) is 0 Å². The second-order valence-corrected chi connectivity index (χ2v) is 10.1. The zero-order valence-corrected chi connectivity index (χ0v) is 23.4. The van der Waals surface area contributed by atoms with Crippen molar-refractivity contribution < 1.29 is 28.4 Å². The van der Waals surface area contributed by atoms with Gasteiger partial charge in [-0.2, -0.15) is 0 Å². The van der Waals surface area contributed by atoms with Gasteiger partial charge in [-0.25, -0.2) is 19.3 Å². The Balaban J connectivity index is 1.57. The minimum Gasteiger partial charge on any atom is -0.497 e. The van der Waals surface area contributed by atoms with Gasteiger partial charge in [0.2, 0.25) is 0 Å². The molecular formula is C32H31FN4O5. The van der Waals surface area contributed by atoms with Crippen LogP contribution in [0.25, 0.3) is 11.2 Å². The van der Waals surface area contributed by atoms with Gasteiger partial charge in [0.15, 0.2) is 18.0 Å². The van der Waals surface area contributed by atoms with Crippen LogP contribution < -0.4 is 9.47 Å². The molecule has 0 amide bonds. The molecule has 5 aromatic rings. The maximum atomic E-state index is 16.4. The molecule has 2 aromatic heterocycles. The molecule has 1 aliphatic heterocycles.